The van der Waals surface area contributed by atoms with Gasteiger partial charge in [-0.2, -0.15) is 0 Å². The summed E-state index contributed by atoms with van der Waals surface area (Å²) in [4.78, 5) is 12.1. The summed E-state index contributed by atoms with van der Waals surface area (Å²) in [5.74, 6) is -0.218. The molecule has 0 amide bonds. The van der Waals surface area contributed by atoms with E-state index in [-0.39, 0.29) is 19.2 Å². The predicted molar refractivity (Wildman–Crippen MR) is 191 cm³/mol. The number of hydrogen-bond acceptors (Lipinski definition) is 4. The highest BCUT2D eigenvalue weighted by molar-refractivity contribution is 5.69. The van der Waals surface area contributed by atoms with Crippen molar-refractivity contribution >= 4 is 5.97 Å². The van der Waals surface area contributed by atoms with Gasteiger partial charge in [0.2, 0.25) is 0 Å². The predicted octanol–water partition coefficient (Wildman–Crippen LogP) is 11.7. The van der Waals surface area contributed by atoms with E-state index in [1.165, 1.54) is 83.5 Å². The zero-order valence-electron chi connectivity index (χ0n) is 28.9. The third-order valence-corrected chi connectivity index (χ3v) is 7.58. The molecule has 1 atom stereocenters. The van der Waals surface area contributed by atoms with Gasteiger partial charge in [0, 0.05) is 13.0 Å². The van der Waals surface area contributed by atoms with Crippen LogP contribution in [0.2, 0.25) is 0 Å². The Morgan fingerprint density at radius 3 is 1.57 bits per heavy atom. The molecular formula is C40H70O4. The van der Waals surface area contributed by atoms with E-state index < -0.39 is 6.10 Å². The van der Waals surface area contributed by atoms with Crippen molar-refractivity contribution in [3.63, 3.8) is 0 Å². The molecule has 0 aliphatic heterocycles. The quantitative estimate of drug-likeness (QED) is 0.0454. The first-order chi connectivity index (χ1) is 21.7. The van der Waals surface area contributed by atoms with Gasteiger partial charge in [-0.3, -0.25) is 4.79 Å². The van der Waals surface area contributed by atoms with Crippen molar-refractivity contribution in [1.82, 2.24) is 0 Å². The van der Waals surface area contributed by atoms with Gasteiger partial charge >= 0.3 is 5.97 Å². The number of carbonyl (C=O) groups excluding carboxylic acids is 1. The standard InChI is InChI=1S/C40H70O4/c1-3-5-7-9-11-13-15-17-18-19-20-21-22-23-24-26-28-30-32-34-36-43-38-39(37-41)44-40(42)35-33-31-29-27-25-16-14-12-10-8-6-4-2/h5,7,11-14,17-18,20-21,39,41H,3-4,6,8-10,15-16,19,22-38H2,1-2H3/b7-5-,13-11-,14-12-,18-17-,21-20-. The molecule has 0 heterocycles. The first-order valence-corrected chi connectivity index (χ1v) is 18.4. The summed E-state index contributed by atoms with van der Waals surface area (Å²) in [6.45, 7) is 5.16. The Labute approximate surface area is 273 Å². The molecule has 0 radical (unpaired) electrons. The lowest BCUT2D eigenvalue weighted by Gasteiger charge is -2.15. The van der Waals surface area contributed by atoms with Gasteiger partial charge in [-0.1, -0.05) is 139 Å². The summed E-state index contributed by atoms with van der Waals surface area (Å²) in [7, 11) is 0. The van der Waals surface area contributed by atoms with E-state index in [1.807, 2.05) is 0 Å². The molecule has 0 fully saturated rings. The number of allylic oxidation sites excluding steroid dienone is 10. The molecule has 0 aromatic carbocycles. The minimum absolute atomic E-state index is 0.182. The molecule has 4 heteroatoms. The highest BCUT2D eigenvalue weighted by Gasteiger charge is 2.13. The molecule has 0 saturated heterocycles. The van der Waals surface area contributed by atoms with Crippen LogP contribution in [0.15, 0.2) is 60.8 Å². The van der Waals surface area contributed by atoms with E-state index in [4.69, 9.17) is 9.47 Å². The van der Waals surface area contributed by atoms with E-state index in [0.29, 0.717) is 13.0 Å². The minimum atomic E-state index is -0.545. The average molecular weight is 615 g/mol. The lowest BCUT2D eigenvalue weighted by molar-refractivity contribution is -0.154. The van der Waals surface area contributed by atoms with Crippen LogP contribution in [0.4, 0.5) is 0 Å². The molecule has 0 spiro atoms. The van der Waals surface area contributed by atoms with Crippen molar-refractivity contribution < 1.29 is 19.4 Å². The highest BCUT2D eigenvalue weighted by Crippen LogP contribution is 2.11. The second-order valence-corrected chi connectivity index (χ2v) is 11.9. The molecule has 4 nitrogen and oxygen atoms in total. The van der Waals surface area contributed by atoms with Gasteiger partial charge in [0.1, 0.15) is 6.10 Å². The third-order valence-electron chi connectivity index (χ3n) is 7.58. The molecule has 0 rings (SSSR count). The summed E-state index contributed by atoms with van der Waals surface area (Å²) in [6, 6.07) is 0. The Kier molecular flexibility index (Phi) is 35.7. The summed E-state index contributed by atoms with van der Waals surface area (Å²) >= 11 is 0. The molecule has 254 valence electrons. The second-order valence-electron chi connectivity index (χ2n) is 11.9. The van der Waals surface area contributed by atoms with Crippen molar-refractivity contribution in [3.8, 4) is 0 Å². The molecule has 0 aromatic heterocycles. The second kappa shape index (κ2) is 37.3. The Morgan fingerprint density at radius 2 is 1.02 bits per heavy atom. The van der Waals surface area contributed by atoms with Gasteiger partial charge in [0.05, 0.1) is 13.2 Å². The van der Waals surface area contributed by atoms with E-state index in [1.54, 1.807) is 0 Å². The molecule has 1 N–H and O–H groups in total. The molecular weight excluding hydrogens is 544 g/mol. The number of aliphatic hydroxyl groups excluding tert-OH is 1. The zero-order valence-corrected chi connectivity index (χ0v) is 28.9. The van der Waals surface area contributed by atoms with Crippen LogP contribution in [0.3, 0.4) is 0 Å². The Morgan fingerprint density at radius 1 is 0.568 bits per heavy atom. The number of esters is 1. The van der Waals surface area contributed by atoms with E-state index in [2.05, 4.69) is 74.6 Å². The van der Waals surface area contributed by atoms with Crippen LogP contribution in [-0.2, 0) is 14.3 Å². The fraction of sp³-hybridized carbons (Fsp3) is 0.725. The number of rotatable bonds is 33. The van der Waals surface area contributed by atoms with E-state index in [9.17, 15) is 9.90 Å². The SMILES string of the molecule is CC/C=C\C/C=C\C/C=C\C/C=C\CCCCCCCCCOCC(CO)OC(=O)CCCCCCC/C=C\CCCCC. The largest absolute Gasteiger partial charge is 0.457 e. The molecule has 1 unspecified atom stereocenters. The Bertz CT molecular complexity index is 734. The maximum Gasteiger partial charge on any atom is 0.306 e. The first kappa shape index (κ1) is 42.1. The van der Waals surface area contributed by atoms with Crippen LogP contribution in [0.5, 0.6) is 0 Å². The lowest BCUT2D eigenvalue weighted by atomic mass is 10.1. The van der Waals surface area contributed by atoms with Crippen LogP contribution in [0.25, 0.3) is 0 Å². The van der Waals surface area contributed by atoms with Crippen LogP contribution in [0, 0.1) is 0 Å². The average Bonchev–Trinajstić information content (AvgIpc) is 3.03. The minimum Gasteiger partial charge on any atom is -0.457 e. The van der Waals surface area contributed by atoms with Gasteiger partial charge in [-0.25, -0.2) is 0 Å². The van der Waals surface area contributed by atoms with Crippen molar-refractivity contribution in [2.75, 3.05) is 19.8 Å². The molecule has 0 saturated carbocycles. The van der Waals surface area contributed by atoms with Crippen molar-refractivity contribution in [3.05, 3.63) is 60.8 Å². The summed E-state index contributed by atoms with van der Waals surface area (Å²) in [5, 5.41) is 9.55. The molecule has 0 aromatic rings. The van der Waals surface area contributed by atoms with Gasteiger partial charge in [0.15, 0.2) is 0 Å². The van der Waals surface area contributed by atoms with Crippen molar-refractivity contribution in [2.24, 2.45) is 0 Å². The summed E-state index contributed by atoms with van der Waals surface area (Å²) in [5.41, 5.74) is 0. The normalized spacial score (nSPS) is 13.1. The topological polar surface area (TPSA) is 55.8 Å². The maximum absolute atomic E-state index is 12.1. The van der Waals surface area contributed by atoms with E-state index in [0.717, 1.165) is 57.8 Å². The number of ether oxygens (including phenoxy) is 2. The van der Waals surface area contributed by atoms with Gasteiger partial charge in [-0.15, -0.1) is 0 Å². The molecule has 0 aliphatic carbocycles. The van der Waals surface area contributed by atoms with Gasteiger partial charge < -0.3 is 14.6 Å². The monoisotopic (exact) mass is 615 g/mol. The Hall–Kier alpha value is -1.91. The zero-order chi connectivity index (χ0) is 32.0. The first-order valence-electron chi connectivity index (χ1n) is 18.4. The fourth-order valence-corrected chi connectivity index (χ4v) is 4.84. The fourth-order valence-electron chi connectivity index (χ4n) is 4.84. The van der Waals surface area contributed by atoms with Crippen LogP contribution in [0.1, 0.15) is 162 Å². The number of hydrogen-bond donors (Lipinski definition) is 1. The number of carbonyl (C=O) groups is 1. The Balaban J connectivity index is 3.49. The van der Waals surface area contributed by atoms with Crippen LogP contribution < -0.4 is 0 Å². The number of aliphatic hydroxyl groups is 1. The number of unbranched alkanes of at least 4 members (excludes halogenated alkanes) is 15. The maximum atomic E-state index is 12.1. The molecule has 44 heavy (non-hydrogen) atoms. The van der Waals surface area contributed by atoms with Crippen LogP contribution in [-0.4, -0.2) is 37.0 Å². The van der Waals surface area contributed by atoms with Crippen molar-refractivity contribution in [2.45, 2.75) is 168 Å². The van der Waals surface area contributed by atoms with Crippen molar-refractivity contribution in [1.29, 1.82) is 0 Å². The molecule has 0 bridgehead atoms. The third kappa shape index (κ3) is 34.6. The van der Waals surface area contributed by atoms with Gasteiger partial charge in [0.25, 0.3) is 0 Å². The lowest BCUT2D eigenvalue weighted by Crippen LogP contribution is -2.27. The highest BCUT2D eigenvalue weighted by atomic mass is 16.6. The van der Waals surface area contributed by atoms with Crippen LogP contribution >= 0.6 is 0 Å². The van der Waals surface area contributed by atoms with E-state index >= 15 is 0 Å². The smallest absolute Gasteiger partial charge is 0.306 e. The van der Waals surface area contributed by atoms with Gasteiger partial charge in [-0.05, 0) is 77.0 Å². The summed E-state index contributed by atoms with van der Waals surface area (Å²) in [6.07, 6.45) is 48.3. The molecule has 0 aliphatic rings. The summed E-state index contributed by atoms with van der Waals surface area (Å²) < 4.78 is 11.1.